The minimum atomic E-state index is 0.000671. The molecule has 0 radical (unpaired) electrons. The Hall–Kier alpha value is -0.610. The predicted molar refractivity (Wildman–Crippen MR) is 75.7 cm³/mol. The van der Waals surface area contributed by atoms with Gasteiger partial charge in [-0.3, -0.25) is 9.69 Å². The molecule has 1 rings (SSSR count). The summed E-state index contributed by atoms with van der Waals surface area (Å²) in [5.74, 6) is 0.181. The first-order valence-electron chi connectivity index (χ1n) is 7.40. The van der Waals surface area contributed by atoms with Gasteiger partial charge in [-0.25, -0.2) is 0 Å². The van der Waals surface area contributed by atoms with E-state index < -0.39 is 0 Å². The fourth-order valence-electron chi connectivity index (χ4n) is 2.37. The molecule has 0 spiro atoms. The molecule has 0 aliphatic carbocycles. The summed E-state index contributed by atoms with van der Waals surface area (Å²) >= 11 is 0. The van der Waals surface area contributed by atoms with Gasteiger partial charge in [0.1, 0.15) is 0 Å². The zero-order valence-corrected chi connectivity index (χ0v) is 12.2. The number of rotatable bonds is 7. The highest BCUT2D eigenvalue weighted by atomic mass is 16.2. The molecule has 4 heteroatoms. The van der Waals surface area contributed by atoms with Crippen molar-refractivity contribution in [3.8, 4) is 0 Å². The molecule has 1 aliphatic heterocycles. The van der Waals surface area contributed by atoms with Crippen molar-refractivity contribution in [3.63, 3.8) is 0 Å². The largest absolute Gasteiger partial charge is 0.352 e. The van der Waals surface area contributed by atoms with Crippen LogP contribution in [0.4, 0.5) is 0 Å². The lowest BCUT2D eigenvalue weighted by Crippen LogP contribution is -2.53. The van der Waals surface area contributed by atoms with Crippen LogP contribution >= 0.6 is 0 Å². The first kappa shape index (κ1) is 15.4. The van der Waals surface area contributed by atoms with Crippen LogP contribution in [0.5, 0.6) is 0 Å². The quantitative estimate of drug-likeness (QED) is 0.675. The maximum Gasteiger partial charge on any atom is 0.237 e. The number of hydrogen-bond donors (Lipinski definition) is 2. The zero-order chi connectivity index (χ0) is 13.4. The lowest BCUT2D eigenvalue weighted by Gasteiger charge is -2.32. The molecule has 4 nitrogen and oxygen atoms in total. The summed E-state index contributed by atoms with van der Waals surface area (Å²) in [6.45, 7) is 10.2. The van der Waals surface area contributed by atoms with E-state index in [0.29, 0.717) is 6.04 Å². The highest BCUT2D eigenvalue weighted by Crippen LogP contribution is 2.05. The van der Waals surface area contributed by atoms with Gasteiger partial charge in [-0.05, 0) is 20.3 Å². The summed E-state index contributed by atoms with van der Waals surface area (Å²) in [5.41, 5.74) is 0. The molecule has 1 amide bonds. The van der Waals surface area contributed by atoms with E-state index in [4.69, 9.17) is 0 Å². The Morgan fingerprint density at radius 3 is 2.56 bits per heavy atom. The Kier molecular flexibility index (Phi) is 7.28. The van der Waals surface area contributed by atoms with Gasteiger partial charge in [0.15, 0.2) is 0 Å². The molecule has 1 aliphatic rings. The van der Waals surface area contributed by atoms with E-state index in [-0.39, 0.29) is 11.9 Å². The molecule has 2 N–H and O–H groups in total. The SMILES string of the molecule is CCCCCC(C)NC(=O)C(C)N1CCNCC1. The standard InChI is InChI=1S/C14H29N3O/c1-4-5-6-7-12(2)16-14(18)13(3)17-10-8-15-9-11-17/h12-13,15H,4-11H2,1-3H3,(H,16,18). The van der Waals surface area contributed by atoms with Crippen LogP contribution in [0.2, 0.25) is 0 Å². The minimum Gasteiger partial charge on any atom is -0.352 e. The molecule has 0 aromatic rings. The molecule has 0 aromatic heterocycles. The molecule has 1 heterocycles. The number of piperazine rings is 1. The van der Waals surface area contributed by atoms with Crippen molar-refractivity contribution in [2.24, 2.45) is 0 Å². The molecule has 2 unspecified atom stereocenters. The van der Waals surface area contributed by atoms with Crippen molar-refractivity contribution < 1.29 is 4.79 Å². The first-order chi connectivity index (χ1) is 8.65. The van der Waals surface area contributed by atoms with E-state index in [1.807, 2.05) is 6.92 Å². The van der Waals surface area contributed by atoms with Gasteiger partial charge in [0.25, 0.3) is 0 Å². The number of nitrogens with zero attached hydrogens (tertiary/aromatic N) is 1. The zero-order valence-electron chi connectivity index (χ0n) is 12.2. The van der Waals surface area contributed by atoms with Crippen LogP contribution in [-0.2, 0) is 4.79 Å². The normalized spacial score (nSPS) is 20.4. The van der Waals surface area contributed by atoms with E-state index in [1.165, 1.54) is 19.3 Å². The molecule has 0 aromatic carbocycles. The van der Waals surface area contributed by atoms with Crippen molar-refractivity contribution in [1.82, 2.24) is 15.5 Å². The highest BCUT2D eigenvalue weighted by Gasteiger charge is 2.23. The molecule has 0 bridgehead atoms. The number of amides is 1. The molecular weight excluding hydrogens is 226 g/mol. The topological polar surface area (TPSA) is 44.4 Å². The maximum absolute atomic E-state index is 12.1. The lowest BCUT2D eigenvalue weighted by molar-refractivity contribution is -0.126. The number of nitrogens with one attached hydrogen (secondary N) is 2. The Morgan fingerprint density at radius 2 is 1.94 bits per heavy atom. The summed E-state index contributed by atoms with van der Waals surface area (Å²) in [6, 6.07) is 0.301. The summed E-state index contributed by atoms with van der Waals surface area (Å²) < 4.78 is 0. The Morgan fingerprint density at radius 1 is 1.28 bits per heavy atom. The summed E-state index contributed by atoms with van der Waals surface area (Å²) in [6.07, 6.45) is 4.79. The van der Waals surface area contributed by atoms with Crippen molar-refractivity contribution >= 4 is 5.91 Å². The van der Waals surface area contributed by atoms with Gasteiger partial charge in [-0.2, -0.15) is 0 Å². The lowest BCUT2D eigenvalue weighted by atomic mass is 10.1. The van der Waals surface area contributed by atoms with Gasteiger partial charge in [0.05, 0.1) is 6.04 Å². The number of carbonyl (C=O) groups excluding carboxylic acids is 1. The second kappa shape index (κ2) is 8.48. The third kappa shape index (κ3) is 5.36. The van der Waals surface area contributed by atoms with Gasteiger partial charge in [0, 0.05) is 32.2 Å². The molecule has 106 valence electrons. The summed E-state index contributed by atoms with van der Waals surface area (Å²) in [5, 5.41) is 6.45. The van der Waals surface area contributed by atoms with E-state index in [0.717, 1.165) is 32.6 Å². The van der Waals surface area contributed by atoms with Crippen molar-refractivity contribution in [3.05, 3.63) is 0 Å². The molecule has 2 atom stereocenters. The molecule has 0 saturated carbocycles. The van der Waals surface area contributed by atoms with Crippen LogP contribution in [0.3, 0.4) is 0 Å². The maximum atomic E-state index is 12.1. The third-order valence-corrected chi connectivity index (χ3v) is 3.71. The Balaban J connectivity index is 2.25. The van der Waals surface area contributed by atoms with Crippen molar-refractivity contribution in [2.45, 2.75) is 58.5 Å². The monoisotopic (exact) mass is 255 g/mol. The molecule has 1 fully saturated rings. The van der Waals surface area contributed by atoms with Crippen LogP contribution in [0.15, 0.2) is 0 Å². The summed E-state index contributed by atoms with van der Waals surface area (Å²) in [4.78, 5) is 14.4. The Labute approximate surface area is 111 Å². The first-order valence-corrected chi connectivity index (χ1v) is 7.40. The Bertz CT molecular complexity index is 239. The van der Waals surface area contributed by atoms with Gasteiger partial charge in [-0.1, -0.05) is 26.2 Å². The minimum absolute atomic E-state index is 0.000671. The molecule has 1 saturated heterocycles. The molecule has 18 heavy (non-hydrogen) atoms. The molecular formula is C14H29N3O. The third-order valence-electron chi connectivity index (χ3n) is 3.71. The van der Waals surface area contributed by atoms with Crippen LogP contribution in [0, 0.1) is 0 Å². The van der Waals surface area contributed by atoms with Crippen LogP contribution in [0.1, 0.15) is 46.5 Å². The summed E-state index contributed by atoms with van der Waals surface area (Å²) in [7, 11) is 0. The van der Waals surface area contributed by atoms with Crippen molar-refractivity contribution in [1.29, 1.82) is 0 Å². The average Bonchev–Trinajstić information content (AvgIpc) is 2.39. The van der Waals surface area contributed by atoms with E-state index in [1.54, 1.807) is 0 Å². The van der Waals surface area contributed by atoms with Crippen LogP contribution < -0.4 is 10.6 Å². The van der Waals surface area contributed by atoms with Crippen molar-refractivity contribution in [2.75, 3.05) is 26.2 Å². The van der Waals surface area contributed by atoms with Gasteiger partial charge >= 0.3 is 0 Å². The highest BCUT2D eigenvalue weighted by molar-refractivity contribution is 5.81. The smallest absolute Gasteiger partial charge is 0.237 e. The fourth-order valence-corrected chi connectivity index (χ4v) is 2.37. The number of hydrogen-bond acceptors (Lipinski definition) is 3. The number of carbonyl (C=O) groups is 1. The van der Waals surface area contributed by atoms with Crippen LogP contribution in [0.25, 0.3) is 0 Å². The van der Waals surface area contributed by atoms with E-state index in [2.05, 4.69) is 29.4 Å². The predicted octanol–water partition coefficient (Wildman–Crippen LogP) is 1.37. The van der Waals surface area contributed by atoms with Gasteiger partial charge < -0.3 is 10.6 Å². The second-order valence-electron chi connectivity index (χ2n) is 5.37. The van der Waals surface area contributed by atoms with Crippen LogP contribution in [-0.4, -0.2) is 49.1 Å². The van der Waals surface area contributed by atoms with E-state index >= 15 is 0 Å². The number of unbranched alkanes of at least 4 members (excludes halogenated alkanes) is 2. The van der Waals surface area contributed by atoms with Gasteiger partial charge in [-0.15, -0.1) is 0 Å². The van der Waals surface area contributed by atoms with Gasteiger partial charge in [0.2, 0.25) is 5.91 Å². The average molecular weight is 255 g/mol. The van der Waals surface area contributed by atoms with E-state index in [9.17, 15) is 4.79 Å². The fraction of sp³-hybridized carbons (Fsp3) is 0.929. The second-order valence-corrected chi connectivity index (χ2v) is 5.37.